The third kappa shape index (κ3) is 1.04. The maximum Gasteiger partial charge on any atom is 0.194 e. The highest BCUT2D eigenvalue weighted by Crippen LogP contribution is 2.64. The Morgan fingerprint density at radius 2 is 2.25 bits per heavy atom. The monoisotopic (exact) mass is 236 g/mol. The first kappa shape index (κ1) is 10.3. The van der Waals surface area contributed by atoms with Gasteiger partial charge in [0.2, 0.25) is 0 Å². The lowest BCUT2D eigenvalue weighted by Crippen LogP contribution is -2.22. The molecule has 1 N–H and O–H groups in total. The minimum absolute atomic E-state index is 0.0857. The van der Waals surface area contributed by atoms with E-state index in [1.807, 2.05) is 12.3 Å². The molecule has 1 unspecified atom stereocenters. The van der Waals surface area contributed by atoms with Gasteiger partial charge in [-0.15, -0.1) is 11.3 Å². The Labute approximate surface area is 98.8 Å². The van der Waals surface area contributed by atoms with E-state index < -0.39 is 0 Å². The molecule has 86 valence electrons. The summed E-state index contributed by atoms with van der Waals surface area (Å²) >= 11 is 1.65. The van der Waals surface area contributed by atoms with E-state index in [9.17, 15) is 5.11 Å². The van der Waals surface area contributed by atoms with Crippen molar-refractivity contribution in [2.24, 2.45) is 5.41 Å². The van der Waals surface area contributed by atoms with Crippen molar-refractivity contribution in [2.75, 3.05) is 6.61 Å². The van der Waals surface area contributed by atoms with E-state index in [1.165, 1.54) is 5.69 Å². The number of hydrogen-bond acceptors (Lipinski definition) is 3. The molecule has 3 nitrogen and oxygen atoms in total. The van der Waals surface area contributed by atoms with Crippen LogP contribution in [0, 0.1) is 12.3 Å². The van der Waals surface area contributed by atoms with Crippen LogP contribution in [0.4, 0.5) is 0 Å². The molecule has 1 aliphatic carbocycles. The third-order valence-corrected chi connectivity index (χ3v) is 4.83. The van der Waals surface area contributed by atoms with E-state index in [0.29, 0.717) is 0 Å². The fraction of sp³-hybridized carbons (Fsp3) is 0.583. The smallest absolute Gasteiger partial charge is 0.194 e. The summed E-state index contributed by atoms with van der Waals surface area (Å²) in [6.07, 6.45) is 3.10. The van der Waals surface area contributed by atoms with Gasteiger partial charge in [-0.05, 0) is 18.8 Å². The van der Waals surface area contributed by atoms with Crippen LogP contribution in [0.15, 0.2) is 11.6 Å². The molecule has 1 saturated carbocycles. The summed E-state index contributed by atoms with van der Waals surface area (Å²) in [4.78, 5) is 5.59. The highest BCUT2D eigenvalue weighted by atomic mass is 32.1. The molecule has 0 spiro atoms. The van der Waals surface area contributed by atoms with Crippen molar-refractivity contribution < 1.29 is 5.11 Å². The zero-order valence-electron chi connectivity index (χ0n) is 9.82. The molecular weight excluding hydrogens is 220 g/mol. The number of aliphatic hydroxyl groups excluding tert-OH is 1. The molecular formula is C12H16N2OS. The largest absolute Gasteiger partial charge is 0.395 e. The van der Waals surface area contributed by atoms with Gasteiger partial charge in [0.25, 0.3) is 0 Å². The molecule has 2 aromatic rings. The Hall–Kier alpha value is -0.870. The van der Waals surface area contributed by atoms with Crippen molar-refractivity contribution in [2.45, 2.75) is 32.6 Å². The normalized spacial score (nSPS) is 27.5. The summed E-state index contributed by atoms with van der Waals surface area (Å²) in [5, 5.41) is 11.8. The average molecular weight is 236 g/mol. The van der Waals surface area contributed by atoms with E-state index in [4.69, 9.17) is 0 Å². The predicted octanol–water partition coefficient (Wildman–Crippen LogP) is 2.36. The standard InChI is InChI=1S/C12H16N2OS/c1-8-9(12(7-15)6-11(12,2)3)14-4-5-16-10(14)13-8/h4-5,15H,6-7H2,1-3H3. The van der Waals surface area contributed by atoms with E-state index >= 15 is 0 Å². The summed E-state index contributed by atoms with van der Waals surface area (Å²) in [5.74, 6) is 0. The maximum absolute atomic E-state index is 9.75. The van der Waals surface area contributed by atoms with Gasteiger partial charge in [-0.2, -0.15) is 0 Å². The Kier molecular flexibility index (Phi) is 1.85. The second-order valence-corrected chi connectivity index (χ2v) is 6.28. The maximum atomic E-state index is 9.75. The minimum atomic E-state index is -0.0857. The highest BCUT2D eigenvalue weighted by molar-refractivity contribution is 7.15. The lowest BCUT2D eigenvalue weighted by Gasteiger charge is -2.18. The second kappa shape index (κ2) is 2.87. The summed E-state index contributed by atoms with van der Waals surface area (Å²) < 4.78 is 2.14. The summed E-state index contributed by atoms with van der Waals surface area (Å²) in [5.41, 5.74) is 2.37. The lowest BCUT2D eigenvalue weighted by molar-refractivity contribution is 0.227. The summed E-state index contributed by atoms with van der Waals surface area (Å²) in [7, 11) is 0. The molecule has 0 aliphatic heterocycles. The van der Waals surface area contributed by atoms with Crippen molar-refractivity contribution in [3.8, 4) is 0 Å². The summed E-state index contributed by atoms with van der Waals surface area (Å²) in [6, 6.07) is 0. The molecule has 1 atom stereocenters. The molecule has 0 amide bonds. The van der Waals surface area contributed by atoms with Gasteiger partial charge in [0, 0.05) is 17.0 Å². The predicted molar refractivity (Wildman–Crippen MR) is 65.0 cm³/mol. The number of nitrogens with zero attached hydrogens (tertiary/aromatic N) is 2. The minimum Gasteiger partial charge on any atom is -0.395 e. The van der Waals surface area contributed by atoms with Crippen molar-refractivity contribution in [1.29, 1.82) is 0 Å². The van der Waals surface area contributed by atoms with Crippen LogP contribution in [-0.2, 0) is 5.41 Å². The van der Waals surface area contributed by atoms with Crippen LogP contribution < -0.4 is 0 Å². The fourth-order valence-electron chi connectivity index (χ4n) is 2.93. The average Bonchev–Trinajstić information content (AvgIpc) is 2.54. The van der Waals surface area contributed by atoms with Crippen LogP contribution in [0.25, 0.3) is 4.96 Å². The second-order valence-electron chi connectivity index (χ2n) is 5.40. The quantitative estimate of drug-likeness (QED) is 0.869. The van der Waals surface area contributed by atoms with Crippen LogP contribution >= 0.6 is 11.3 Å². The number of aliphatic hydroxyl groups is 1. The Morgan fingerprint density at radius 3 is 2.81 bits per heavy atom. The van der Waals surface area contributed by atoms with E-state index in [1.54, 1.807) is 11.3 Å². The molecule has 0 saturated heterocycles. The third-order valence-electron chi connectivity index (χ3n) is 4.07. The van der Waals surface area contributed by atoms with Crippen molar-refractivity contribution in [3.63, 3.8) is 0 Å². The van der Waals surface area contributed by atoms with Gasteiger partial charge in [0.05, 0.1) is 18.0 Å². The zero-order valence-corrected chi connectivity index (χ0v) is 10.6. The van der Waals surface area contributed by atoms with Gasteiger partial charge in [-0.25, -0.2) is 4.98 Å². The SMILES string of the molecule is Cc1nc2sccn2c1C1(CO)CC1(C)C. The Bertz CT molecular complexity index is 554. The van der Waals surface area contributed by atoms with Gasteiger partial charge in [-0.3, -0.25) is 4.40 Å². The molecule has 1 aliphatic rings. The van der Waals surface area contributed by atoms with Crippen LogP contribution in [-0.4, -0.2) is 21.1 Å². The van der Waals surface area contributed by atoms with E-state index in [-0.39, 0.29) is 17.4 Å². The number of hydrogen-bond donors (Lipinski definition) is 1. The van der Waals surface area contributed by atoms with Crippen molar-refractivity contribution >= 4 is 16.3 Å². The van der Waals surface area contributed by atoms with Gasteiger partial charge in [0.15, 0.2) is 4.96 Å². The zero-order chi connectivity index (χ0) is 11.6. The Morgan fingerprint density at radius 1 is 1.56 bits per heavy atom. The number of fused-ring (bicyclic) bond motifs is 1. The van der Waals surface area contributed by atoms with Gasteiger partial charge in [-0.1, -0.05) is 13.8 Å². The van der Waals surface area contributed by atoms with E-state index in [0.717, 1.165) is 17.1 Å². The van der Waals surface area contributed by atoms with E-state index in [2.05, 4.69) is 29.4 Å². The number of thiazole rings is 1. The number of aromatic nitrogens is 2. The molecule has 4 heteroatoms. The topological polar surface area (TPSA) is 37.5 Å². The van der Waals surface area contributed by atoms with Crippen molar-refractivity contribution in [3.05, 3.63) is 23.0 Å². The molecule has 0 radical (unpaired) electrons. The molecule has 2 heterocycles. The fourth-order valence-corrected chi connectivity index (χ4v) is 3.69. The number of aryl methyl sites for hydroxylation is 1. The highest BCUT2D eigenvalue weighted by Gasteiger charge is 2.63. The first-order valence-electron chi connectivity index (χ1n) is 5.55. The van der Waals surface area contributed by atoms with Crippen LogP contribution in [0.5, 0.6) is 0 Å². The molecule has 1 fully saturated rings. The van der Waals surface area contributed by atoms with Gasteiger partial charge < -0.3 is 5.11 Å². The van der Waals surface area contributed by atoms with Gasteiger partial charge in [0.1, 0.15) is 0 Å². The van der Waals surface area contributed by atoms with Crippen LogP contribution in [0.1, 0.15) is 31.7 Å². The molecule has 0 bridgehead atoms. The molecule has 0 aromatic carbocycles. The van der Waals surface area contributed by atoms with Crippen molar-refractivity contribution in [1.82, 2.24) is 9.38 Å². The van der Waals surface area contributed by atoms with Gasteiger partial charge >= 0.3 is 0 Å². The molecule has 3 rings (SSSR count). The summed E-state index contributed by atoms with van der Waals surface area (Å²) in [6.45, 7) is 6.69. The molecule has 16 heavy (non-hydrogen) atoms. The lowest BCUT2D eigenvalue weighted by atomic mass is 9.92. The van der Waals surface area contributed by atoms with Crippen LogP contribution in [0.3, 0.4) is 0 Å². The Balaban J connectivity index is 2.26. The molecule has 2 aromatic heterocycles. The number of imidazole rings is 1. The van der Waals surface area contributed by atoms with Crippen LogP contribution in [0.2, 0.25) is 0 Å². The number of rotatable bonds is 2. The first-order valence-corrected chi connectivity index (χ1v) is 6.43. The first-order chi connectivity index (χ1) is 7.52.